The molecule has 0 spiro atoms. The van der Waals surface area contributed by atoms with Crippen LogP contribution in [0.1, 0.15) is 15.9 Å². The normalized spacial score (nSPS) is 11.0. The summed E-state index contributed by atoms with van der Waals surface area (Å²) >= 11 is 11.6. The van der Waals surface area contributed by atoms with Crippen molar-refractivity contribution < 1.29 is 27.5 Å². The van der Waals surface area contributed by atoms with Gasteiger partial charge in [0.25, 0.3) is 5.91 Å². The maximum Gasteiger partial charge on any atom is 0.573 e. The van der Waals surface area contributed by atoms with Gasteiger partial charge in [0.05, 0.1) is 16.6 Å². The Morgan fingerprint density at radius 1 is 1.00 bits per heavy atom. The summed E-state index contributed by atoms with van der Waals surface area (Å²) in [5.74, 6) is -1.56. The number of para-hydroxylation sites is 1. The van der Waals surface area contributed by atoms with Gasteiger partial charge in [-0.3, -0.25) is 9.59 Å². The molecule has 144 valence electrons. The van der Waals surface area contributed by atoms with Gasteiger partial charge in [0.15, 0.2) is 0 Å². The van der Waals surface area contributed by atoms with Gasteiger partial charge in [-0.15, -0.1) is 13.2 Å². The van der Waals surface area contributed by atoms with E-state index in [-0.39, 0.29) is 34.3 Å². The standard InChI is InChI=1S/C17H13Cl2F3N2O3/c18-12-6-5-10(7-13(12)19)16(26)24-9-15(25)23-8-11-3-1-2-4-14(11)27-17(20,21)22/h1-7H,8-9H2,(H,23,25)(H,24,26). The molecule has 0 radical (unpaired) electrons. The van der Waals surface area contributed by atoms with E-state index in [4.69, 9.17) is 23.2 Å². The second-order valence-corrected chi connectivity index (χ2v) is 6.06. The summed E-state index contributed by atoms with van der Waals surface area (Å²) in [5.41, 5.74) is 0.347. The molecule has 5 nitrogen and oxygen atoms in total. The number of rotatable bonds is 6. The summed E-state index contributed by atoms with van der Waals surface area (Å²) in [6, 6.07) is 9.64. The van der Waals surface area contributed by atoms with Crippen molar-refractivity contribution in [2.24, 2.45) is 0 Å². The Hall–Kier alpha value is -2.45. The van der Waals surface area contributed by atoms with E-state index in [1.54, 1.807) is 0 Å². The Labute approximate surface area is 162 Å². The van der Waals surface area contributed by atoms with E-state index in [2.05, 4.69) is 15.4 Å². The van der Waals surface area contributed by atoms with Crippen LogP contribution in [0.25, 0.3) is 0 Å². The highest BCUT2D eigenvalue weighted by Crippen LogP contribution is 2.26. The summed E-state index contributed by atoms with van der Waals surface area (Å²) in [6.45, 7) is -0.574. The Kier molecular flexibility index (Phi) is 6.92. The predicted molar refractivity (Wildman–Crippen MR) is 93.8 cm³/mol. The van der Waals surface area contributed by atoms with Gasteiger partial charge in [-0.05, 0) is 24.3 Å². The van der Waals surface area contributed by atoms with Crippen LogP contribution in [-0.2, 0) is 11.3 Å². The van der Waals surface area contributed by atoms with E-state index >= 15 is 0 Å². The van der Waals surface area contributed by atoms with Gasteiger partial charge in [0.2, 0.25) is 5.91 Å². The van der Waals surface area contributed by atoms with Gasteiger partial charge in [0.1, 0.15) is 5.75 Å². The molecular formula is C17H13Cl2F3N2O3. The molecule has 0 heterocycles. The van der Waals surface area contributed by atoms with Crippen LogP contribution in [-0.4, -0.2) is 24.7 Å². The molecule has 0 aliphatic rings. The molecule has 0 saturated heterocycles. The van der Waals surface area contributed by atoms with Gasteiger partial charge in [-0.25, -0.2) is 0 Å². The number of ether oxygens (including phenoxy) is 1. The van der Waals surface area contributed by atoms with E-state index < -0.39 is 23.9 Å². The zero-order valence-corrected chi connectivity index (χ0v) is 15.1. The lowest BCUT2D eigenvalue weighted by atomic mass is 10.2. The smallest absolute Gasteiger partial charge is 0.405 e. The number of alkyl halides is 3. The molecule has 2 N–H and O–H groups in total. The number of halogens is 5. The first kappa shape index (κ1) is 20.9. The number of carbonyl (C=O) groups excluding carboxylic acids is 2. The molecule has 0 bridgehead atoms. The third kappa shape index (κ3) is 6.65. The SMILES string of the molecule is O=C(CNC(=O)c1ccc(Cl)c(Cl)c1)NCc1ccccc1OC(F)(F)F. The fraction of sp³-hybridized carbons (Fsp3) is 0.176. The maximum atomic E-state index is 12.4. The molecular weight excluding hydrogens is 408 g/mol. The van der Waals surface area contributed by atoms with E-state index in [0.29, 0.717) is 0 Å². The van der Waals surface area contributed by atoms with E-state index in [9.17, 15) is 22.8 Å². The molecule has 0 aliphatic carbocycles. The highest BCUT2D eigenvalue weighted by Gasteiger charge is 2.31. The van der Waals surface area contributed by atoms with E-state index in [1.807, 2.05) is 0 Å². The Balaban J connectivity index is 1.88. The van der Waals surface area contributed by atoms with Crippen molar-refractivity contribution in [1.29, 1.82) is 0 Å². The number of hydrogen-bond acceptors (Lipinski definition) is 3. The monoisotopic (exact) mass is 420 g/mol. The van der Waals surface area contributed by atoms with Crippen molar-refractivity contribution in [2.45, 2.75) is 12.9 Å². The summed E-state index contributed by atoms with van der Waals surface area (Å²) < 4.78 is 41.0. The van der Waals surface area contributed by atoms with Crippen LogP contribution < -0.4 is 15.4 Å². The largest absolute Gasteiger partial charge is 0.573 e. The van der Waals surface area contributed by atoms with Gasteiger partial charge >= 0.3 is 6.36 Å². The van der Waals surface area contributed by atoms with Crippen molar-refractivity contribution in [3.05, 3.63) is 63.6 Å². The van der Waals surface area contributed by atoms with Crippen LogP contribution in [0, 0.1) is 0 Å². The van der Waals surface area contributed by atoms with Gasteiger partial charge < -0.3 is 15.4 Å². The number of carbonyl (C=O) groups is 2. The van der Waals surface area contributed by atoms with Crippen molar-refractivity contribution in [2.75, 3.05) is 6.54 Å². The molecule has 2 amide bonds. The second kappa shape index (κ2) is 8.96. The molecule has 27 heavy (non-hydrogen) atoms. The Morgan fingerprint density at radius 3 is 2.37 bits per heavy atom. The molecule has 0 atom stereocenters. The zero-order chi connectivity index (χ0) is 20.0. The lowest BCUT2D eigenvalue weighted by Gasteiger charge is -2.13. The molecule has 2 aromatic rings. The quantitative estimate of drug-likeness (QED) is 0.743. The average molecular weight is 421 g/mol. The summed E-state index contributed by atoms with van der Waals surface area (Å²) in [4.78, 5) is 23.8. The van der Waals surface area contributed by atoms with Crippen LogP contribution in [0.2, 0.25) is 10.0 Å². The number of nitrogens with one attached hydrogen (secondary N) is 2. The molecule has 2 rings (SSSR count). The first-order valence-corrected chi connectivity index (χ1v) is 8.25. The minimum Gasteiger partial charge on any atom is -0.405 e. The van der Waals surface area contributed by atoms with Gasteiger partial charge in [0, 0.05) is 17.7 Å². The molecule has 0 aromatic heterocycles. The van der Waals surface area contributed by atoms with E-state index in [0.717, 1.165) is 6.07 Å². The Morgan fingerprint density at radius 2 is 1.70 bits per heavy atom. The highest BCUT2D eigenvalue weighted by atomic mass is 35.5. The molecule has 10 heteroatoms. The number of hydrogen-bond donors (Lipinski definition) is 2. The van der Waals surface area contributed by atoms with Crippen molar-refractivity contribution >= 4 is 35.0 Å². The fourth-order valence-corrected chi connectivity index (χ4v) is 2.33. The van der Waals surface area contributed by atoms with Crippen molar-refractivity contribution in [3.63, 3.8) is 0 Å². The predicted octanol–water partition coefficient (Wildman–Crippen LogP) is 3.94. The Bertz CT molecular complexity index is 844. The molecule has 0 unspecified atom stereocenters. The summed E-state index contributed by atoms with van der Waals surface area (Å²) in [5, 5.41) is 5.25. The van der Waals surface area contributed by atoms with Crippen molar-refractivity contribution in [3.8, 4) is 5.75 Å². The molecule has 0 aliphatic heterocycles. The molecule has 0 saturated carbocycles. The lowest BCUT2D eigenvalue weighted by Crippen LogP contribution is -2.36. The lowest BCUT2D eigenvalue weighted by molar-refractivity contribution is -0.274. The summed E-state index contributed by atoms with van der Waals surface area (Å²) in [7, 11) is 0. The van der Waals surface area contributed by atoms with Gasteiger partial charge in [-0.1, -0.05) is 41.4 Å². The zero-order valence-electron chi connectivity index (χ0n) is 13.6. The first-order chi connectivity index (χ1) is 12.7. The third-order valence-corrected chi connectivity index (χ3v) is 4.00. The maximum absolute atomic E-state index is 12.4. The fourth-order valence-electron chi connectivity index (χ4n) is 2.03. The van der Waals surface area contributed by atoms with Gasteiger partial charge in [-0.2, -0.15) is 0 Å². The number of benzene rings is 2. The van der Waals surface area contributed by atoms with Crippen LogP contribution in [0.4, 0.5) is 13.2 Å². The minimum absolute atomic E-state index is 0.138. The number of amides is 2. The second-order valence-electron chi connectivity index (χ2n) is 5.24. The van der Waals surface area contributed by atoms with Crippen LogP contribution >= 0.6 is 23.2 Å². The van der Waals surface area contributed by atoms with Crippen LogP contribution in [0.15, 0.2) is 42.5 Å². The summed E-state index contributed by atoms with van der Waals surface area (Å²) in [6.07, 6.45) is -4.84. The average Bonchev–Trinajstić information content (AvgIpc) is 2.60. The molecule has 2 aromatic carbocycles. The van der Waals surface area contributed by atoms with E-state index in [1.165, 1.54) is 36.4 Å². The topological polar surface area (TPSA) is 67.4 Å². The first-order valence-electron chi connectivity index (χ1n) is 7.49. The molecule has 0 fully saturated rings. The van der Waals surface area contributed by atoms with Crippen molar-refractivity contribution in [1.82, 2.24) is 10.6 Å². The van der Waals surface area contributed by atoms with Crippen LogP contribution in [0.5, 0.6) is 5.75 Å². The minimum atomic E-state index is -4.84. The highest BCUT2D eigenvalue weighted by molar-refractivity contribution is 6.42. The van der Waals surface area contributed by atoms with Crippen LogP contribution in [0.3, 0.4) is 0 Å². The third-order valence-electron chi connectivity index (χ3n) is 3.27.